The lowest BCUT2D eigenvalue weighted by molar-refractivity contribution is -0.133. The van der Waals surface area contributed by atoms with Crippen molar-refractivity contribution < 1.29 is 14.3 Å². The number of esters is 1. The average molecular weight is 388 g/mol. The van der Waals surface area contributed by atoms with E-state index in [1.807, 2.05) is 23.1 Å². The second kappa shape index (κ2) is 8.97. The molecule has 0 atom stereocenters. The molecular weight excluding hydrogens is 366 g/mol. The molecule has 0 spiro atoms. The van der Waals surface area contributed by atoms with Crippen LogP contribution in [0.25, 0.3) is 0 Å². The van der Waals surface area contributed by atoms with Crippen molar-refractivity contribution in [1.82, 2.24) is 14.8 Å². The van der Waals surface area contributed by atoms with Crippen LogP contribution in [-0.4, -0.2) is 52.8 Å². The van der Waals surface area contributed by atoms with Crippen molar-refractivity contribution in [2.75, 3.05) is 26.2 Å². The van der Waals surface area contributed by atoms with Crippen molar-refractivity contribution in [2.24, 2.45) is 0 Å². The fourth-order valence-corrected chi connectivity index (χ4v) is 3.31. The highest BCUT2D eigenvalue weighted by Gasteiger charge is 2.22. The van der Waals surface area contributed by atoms with Gasteiger partial charge in [0.15, 0.2) is 0 Å². The van der Waals surface area contributed by atoms with Crippen LogP contribution < -0.4 is 4.74 Å². The first kappa shape index (κ1) is 19.3. The Morgan fingerprint density at radius 1 is 1.19 bits per heavy atom. The maximum Gasteiger partial charge on any atom is 0.308 e. The van der Waals surface area contributed by atoms with Gasteiger partial charge in [0.25, 0.3) is 0 Å². The van der Waals surface area contributed by atoms with Gasteiger partial charge in [0.05, 0.1) is 6.42 Å². The van der Waals surface area contributed by atoms with Crippen molar-refractivity contribution in [3.63, 3.8) is 0 Å². The van der Waals surface area contributed by atoms with Crippen molar-refractivity contribution in [2.45, 2.75) is 19.9 Å². The molecule has 0 unspecified atom stereocenters. The van der Waals surface area contributed by atoms with E-state index in [9.17, 15) is 9.59 Å². The molecule has 0 N–H and O–H groups in total. The van der Waals surface area contributed by atoms with Crippen LogP contribution in [0.4, 0.5) is 0 Å². The van der Waals surface area contributed by atoms with E-state index in [1.165, 1.54) is 6.92 Å². The summed E-state index contributed by atoms with van der Waals surface area (Å²) in [6.45, 7) is 4.85. The number of nitrogens with zero attached hydrogens (tertiary/aromatic N) is 3. The summed E-state index contributed by atoms with van der Waals surface area (Å²) in [5.74, 6) is 0.289. The molecule has 2 heterocycles. The average Bonchev–Trinajstić information content (AvgIpc) is 2.65. The minimum absolute atomic E-state index is 0.117. The van der Waals surface area contributed by atoms with Crippen LogP contribution in [0.5, 0.6) is 5.75 Å². The molecule has 7 heteroatoms. The molecule has 1 aromatic carbocycles. The lowest BCUT2D eigenvalue weighted by Gasteiger charge is -2.35. The maximum atomic E-state index is 12.5. The van der Waals surface area contributed by atoms with Gasteiger partial charge in [-0.2, -0.15) is 0 Å². The Bertz CT molecular complexity index is 805. The number of carbonyl (C=O) groups excluding carboxylic acids is 2. The number of hydrogen-bond donors (Lipinski definition) is 0. The Hall–Kier alpha value is -2.44. The summed E-state index contributed by atoms with van der Waals surface area (Å²) in [5, 5.41) is 0.603. The van der Waals surface area contributed by atoms with Gasteiger partial charge in [-0.05, 0) is 29.8 Å². The quantitative estimate of drug-likeness (QED) is 0.582. The topological polar surface area (TPSA) is 62.7 Å². The first-order valence-corrected chi connectivity index (χ1v) is 9.25. The summed E-state index contributed by atoms with van der Waals surface area (Å²) in [6, 6.07) is 8.99. The van der Waals surface area contributed by atoms with Crippen LogP contribution in [0.3, 0.4) is 0 Å². The second-order valence-corrected chi connectivity index (χ2v) is 6.98. The summed E-state index contributed by atoms with van der Waals surface area (Å²) >= 11 is 6.10. The SMILES string of the molecule is CC(=O)Oc1ccc(Cl)cc1CN1CCN(C(=O)Cc2cccnc2)CC1. The summed E-state index contributed by atoms with van der Waals surface area (Å²) < 4.78 is 5.27. The molecule has 0 radical (unpaired) electrons. The summed E-state index contributed by atoms with van der Waals surface area (Å²) in [7, 11) is 0. The molecule has 0 bridgehead atoms. The number of aromatic nitrogens is 1. The van der Waals surface area contributed by atoms with Gasteiger partial charge in [0, 0.05) is 62.6 Å². The van der Waals surface area contributed by atoms with Crippen molar-refractivity contribution in [1.29, 1.82) is 0 Å². The molecule has 1 amide bonds. The number of pyridine rings is 1. The fourth-order valence-electron chi connectivity index (χ4n) is 3.11. The predicted molar refractivity (Wildman–Crippen MR) is 103 cm³/mol. The van der Waals surface area contributed by atoms with Crippen molar-refractivity contribution in [3.8, 4) is 5.75 Å². The Balaban J connectivity index is 1.56. The summed E-state index contributed by atoms with van der Waals surface area (Å²) in [6.07, 6.45) is 3.80. The monoisotopic (exact) mass is 387 g/mol. The first-order chi connectivity index (χ1) is 13.0. The van der Waals surface area contributed by atoms with Gasteiger partial charge >= 0.3 is 5.97 Å². The normalized spacial score (nSPS) is 14.8. The summed E-state index contributed by atoms with van der Waals surface area (Å²) in [5.41, 5.74) is 1.79. The molecule has 27 heavy (non-hydrogen) atoms. The number of carbonyl (C=O) groups is 2. The molecule has 0 aliphatic carbocycles. The molecule has 142 valence electrons. The van der Waals surface area contributed by atoms with Gasteiger partial charge in [-0.1, -0.05) is 17.7 Å². The van der Waals surface area contributed by atoms with Crippen LogP contribution in [0.15, 0.2) is 42.7 Å². The summed E-state index contributed by atoms with van der Waals surface area (Å²) in [4.78, 5) is 31.9. The lowest BCUT2D eigenvalue weighted by Crippen LogP contribution is -2.48. The zero-order valence-corrected chi connectivity index (χ0v) is 16.0. The maximum absolute atomic E-state index is 12.5. The van der Waals surface area contributed by atoms with Gasteiger partial charge in [-0.15, -0.1) is 0 Å². The number of amides is 1. The largest absolute Gasteiger partial charge is 0.426 e. The Morgan fingerprint density at radius 2 is 1.96 bits per heavy atom. The molecule has 6 nitrogen and oxygen atoms in total. The van der Waals surface area contributed by atoms with E-state index in [0.717, 1.165) is 24.2 Å². The number of benzene rings is 1. The number of halogens is 1. The highest BCUT2D eigenvalue weighted by molar-refractivity contribution is 6.30. The third kappa shape index (κ3) is 5.52. The highest BCUT2D eigenvalue weighted by atomic mass is 35.5. The van der Waals surface area contributed by atoms with Gasteiger partial charge in [0.2, 0.25) is 5.91 Å². The molecule has 0 saturated carbocycles. The van der Waals surface area contributed by atoms with Gasteiger partial charge in [-0.25, -0.2) is 0 Å². The van der Waals surface area contributed by atoms with E-state index in [1.54, 1.807) is 24.5 Å². The zero-order chi connectivity index (χ0) is 19.2. The third-order valence-corrected chi connectivity index (χ3v) is 4.71. The Morgan fingerprint density at radius 3 is 2.63 bits per heavy atom. The highest BCUT2D eigenvalue weighted by Crippen LogP contribution is 2.25. The number of piperazine rings is 1. The molecular formula is C20H22ClN3O3. The van der Waals surface area contributed by atoms with E-state index in [-0.39, 0.29) is 11.9 Å². The Kier molecular flexibility index (Phi) is 6.42. The minimum Gasteiger partial charge on any atom is -0.426 e. The van der Waals surface area contributed by atoms with Gasteiger partial charge < -0.3 is 9.64 Å². The second-order valence-electron chi connectivity index (χ2n) is 6.54. The van der Waals surface area contributed by atoms with Crippen LogP contribution in [-0.2, 0) is 22.6 Å². The lowest BCUT2D eigenvalue weighted by atomic mass is 10.1. The molecule has 3 rings (SSSR count). The van der Waals surface area contributed by atoms with Crippen LogP contribution in [0, 0.1) is 0 Å². The fraction of sp³-hybridized carbons (Fsp3) is 0.350. The van der Waals surface area contributed by atoms with Crippen molar-refractivity contribution in [3.05, 3.63) is 58.9 Å². The number of ether oxygens (including phenoxy) is 1. The van der Waals surface area contributed by atoms with Crippen LogP contribution in [0.2, 0.25) is 5.02 Å². The van der Waals surface area contributed by atoms with E-state index in [4.69, 9.17) is 16.3 Å². The third-order valence-electron chi connectivity index (χ3n) is 4.47. The van der Waals surface area contributed by atoms with E-state index in [2.05, 4.69) is 9.88 Å². The number of hydrogen-bond acceptors (Lipinski definition) is 5. The van der Waals surface area contributed by atoms with Crippen LogP contribution in [0.1, 0.15) is 18.1 Å². The zero-order valence-electron chi connectivity index (χ0n) is 15.2. The van der Waals surface area contributed by atoms with Crippen molar-refractivity contribution >= 4 is 23.5 Å². The molecule has 1 saturated heterocycles. The number of rotatable bonds is 5. The van der Waals surface area contributed by atoms with Crippen LogP contribution >= 0.6 is 11.6 Å². The molecule has 2 aromatic rings. The van der Waals surface area contributed by atoms with E-state index < -0.39 is 0 Å². The predicted octanol–water partition coefficient (Wildman–Crippen LogP) is 2.55. The van der Waals surface area contributed by atoms with Gasteiger partial charge in [0.1, 0.15) is 5.75 Å². The first-order valence-electron chi connectivity index (χ1n) is 8.87. The molecule has 1 aliphatic rings. The molecule has 1 aliphatic heterocycles. The smallest absolute Gasteiger partial charge is 0.308 e. The molecule has 1 fully saturated rings. The molecule has 1 aromatic heterocycles. The standard InChI is InChI=1S/C20H22ClN3O3/c1-15(25)27-19-5-4-18(21)12-17(19)14-23-7-9-24(10-8-23)20(26)11-16-3-2-6-22-13-16/h2-6,12-13H,7-11,14H2,1H3. The minimum atomic E-state index is -0.357. The van der Waals surface area contributed by atoms with E-state index >= 15 is 0 Å². The van der Waals surface area contributed by atoms with E-state index in [0.29, 0.717) is 36.8 Å². The van der Waals surface area contributed by atoms with Gasteiger partial charge in [-0.3, -0.25) is 19.5 Å². The Labute approximate surface area is 163 Å².